The lowest BCUT2D eigenvalue weighted by molar-refractivity contribution is -0.130. The molecule has 0 fully saturated rings. The number of aromatic carboxylic acids is 1. The molecule has 0 heterocycles. The normalized spacial score (nSPS) is 10.7. The Bertz CT molecular complexity index is 503. The Morgan fingerprint density at radius 1 is 1.30 bits per heavy atom. The maximum atomic E-state index is 13.6. The summed E-state index contributed by atoms with van der Waals surface area (Å²) in [6.07, 6.45) is 0. The first-order chi connectivity index (χ1) is 9.35. The molecule has 0 saturated heterocycles. The van der Waals surface area contributed by atoms with Gasteiger partial charge in [-0.2, -0.15) is 0 Å². The summed E-state index contributed by atoms with van der Waals surface area (Å²) >= 11 is 0. The lowest BCUT2D eigenvalue weighted by atomic mass is 10.1. The first kappa shape index (κ1) is 16.1. The Balaban J connectivity index is 2.78. The largest absolute Gasteiger partial charge is 0.478 e. The molecule has 0 aliphatic rings. The fourth-order valence-electron chi connectivity index (χ4n) is 1.70. The van der Waals surface area contributed by atoms with Gasteiger partial charge in [0.25, 0.3) is 0 Å². The zero-order valence-electron chi connectivity index (χ0n) is 11.9. The first-order valence-electron chi connectivity index (χ1n) is 6.29. The van der Waals surface area contributed by atoms with E-state index in [1.807, 2.05) is 11.8 Å². The van der Waals surface area contributed by atoms with E-state index in [2.05, 4.69) is 0 Å². The Morgan fingerprint density at radius 2 is 1.95 bits per heavy atom. The van der Waals surface area contributed by atoms with Crippen molar-refractivity contribution < 1.29 is 19.1 Å². The third-order valence-electron chi connectivity index (χ3n) is 2.97. The van der Waals surface area contributed by atoms with Crippen molar-refractivity contribution in [3.63, 3.8) is 0 Å². The van der Waals surface area contributed by atoms with E-state index in [0.717, 1.165) is 0 Å². The standard InChI is InChI=1S/C14H19FN2O3/c1-4-17(9-13(18)16(2)3)8-10-5-6-11(14(19)20)12(15)7-10/h5-7H,4,8-9H2,1-3H3,(H,19,20). The van der Waals surface area contributed by atoms with E-state index >= 15 is 0 Å². The highest BCUT2D eigenvalue weighted by atomic mass is 19.1. The van der Waals surface area contributed by atoms with Gasteiger partial charge in [-0.05, 0) is 24.2 Å². The van der Waals surface area contributed by atoms with Crippen LogP contribution in [0.1, 0.15) is 22.8 Å². The molecular formula is C14H19FN2O3. The van der Waals surface area contributed by atoms with Crippen LogP contribution < -0.4 is 0 Å². The van der Waals surface area contributed by atoms with E-state index in [1.165, 1.54) is 17.0 Å². The SMILES string of the molecule is CCN(CC(=O)N(C)C)Cc1ccc(C(=O)O)c(F)c1. The number of hydrogen-bond acceptors (Lipinski definition) is 3. The molecule has 1 N–H and O–H groups in total. The van der Waals surface area contributed by atoms with E-state index in [-0.39, 0.29) is 18.0 Å². The van der Waals surface area contributed by atoms with E-state index in [9.17, 15) is 14.0 Å². The minimum absolute atomic E-state index is 0.0329. The summed E-state index contributed by atoms with van der Waals surface area (Å²) in [6.45, 7) is 3.19. The number of carbonyl (C=O) groups is 2. The maximum Gasteiger partial charge on any atom is 0.338 e. The Hall–Kier alpha value is -1.95. The maximum absolute atomic E-state index is 13.6. The molecule has 0 radical (unpaired) electrons. The van der Waals surface area contributed by atoms with Crippen LogP contribution in [-0.2, 0) is 11.3 Å². The molecule has 6 heteroatoms. The van der Waals surface area contributed by atoms with Gasteiger partial charge in [0.15, 0.2) is 0 Å². The summed E-state index contributed by atoms with van der Waals surface area (Å²) < 4.78 is 13.6. The molecule has 1 amide bonds. The fourth-order valence-corrected chi connectivity index (χ4v) is 1.70. The highest BCUT2D eigenvalue weighted by Gasteiger charge is 2.14. The van der Waals surface area contributed by atoms with Gasteiger partial charge in [-0.15, -0.1) is 0 Å². The summed E-state index contributed by atoms with van der Waals surface area (Å²) in [5.74, 6) is -2.08. The molecule has 0 atom stereocenters. The Labute approximate surface area is 117 Å². The highest BCUT2D eigenvalue weighted by molar-refractivity contribution is 5.87. The van der Waals surface area contributed by atoms with Gasteiger partial charge in [-0.25, -0.2) is 9.18 Å². The highest BCUT2D eigenvalue weighted by Crippen LogP contribution is 2.12. The van der Waals surface area contributed by atoms with Gasteiger partial charge < -0.3 is 10.0 Å². The average molecular weight is 282 g/mol. The van der Waals surface area contributed by atoms with E-state index in [0.29, 0.717) is 18.7 Å². The number of rotatable bonds is 6. The molecule has 0 spiro atoms. The molecule has 20 heavy (non-hydrogen) atoms. The van der Waals surface area contributed by atoms with Crippen LogP contribution in [0.2, 0.25) is 0 Å². The summed E-state index contributed by atoms with van der Waals surface area (Å²) in [5.41, 5.74) is 0.294. The Kier molecular flexibility index (Phi) is 5.64. The lowest BCUT2D eigenvalue weighted by Gasteiger charge is -2.22. The van der Waals surface area contributed by atoms with Crippen molar-refractivity contribution in [2.75, 3.05) is 27.2 Å². The molecule has 1 rings (SSSR count). The van der Waals surface area contributed by atoms with Crippen molar-refractivity contribution in [1.82, 2.24) is 9.80 Å². The second-order valence-corrected chi connectivity index (χ2v) is 4.71. The molecule has 1 aromatic rings. The van der Waals surface area contributed by atoms with Crippen molar-refractivity contribution in [2.45, 2.75) is 13.5 Å². The molecular weight excluding hydrogens is 263 g/mol. The van der Waals surface area contributed by atoms with E-state index < -0.39 is 11.8 Å². The summed E-state index contributed by atoms with van der Waals surface area (Å²) in [4.78, 5) is 25.7. The Morgan fingerprint density at radius 3 is 2.40 bits per heavy atom. The number of amides is 1. The molecule has 0 aliphatic heterocycles. The van der Waals surface area contributed by atoms with Gasteiger partial charge in [0.05, 0.1) is 12.1 Å². The smallest absolute Gasteiger partial charge is 0.338 e. The van der Waals surface area contributed by atoms with Gasteiger partial charge in [0, 0.05) is 20.6 Å². The van der Waals surface area contributed by atoms with E-state index in [1.54, 1.807) is 20.2 Å². The van der Waals surface area contributed by atoms with Crippen LogP contribution in [0.15, 0.2) is 18.2 Å². The number of carboxylic acids is 1. The minimum Gasteiger partial charge on any atom is -0.478 e. The molecule has 0 bridgehead atoms. The zero-order chi connectivity index (χ0) is 15.3. The van der Waals surface area contributed by atoms with Gasteiger partial charge in [-0.1, -0.05) is 13.0 Å². The van der Waals surface area contributed by atoms with Gasteiger partial charge in [0.1, 0.15) is 5.82 Å². The third-order valence-corrected chi connectivity index (χ3v) is 2.97. The van der Waals surface area contributed by atoms with Crippen LogP contribution in [0, 0.1) is 5.82 Å². The van der Waals surface area contributed by atoms with Gasteiger partial charge in [-0.3, -0.25) is 9.69 Å². The topological polar surface area (TPSA) is 60.9 Å². The summed E-state index contributed by atoms with van der Waals surface area (Å²) in [5, 5.41) is 8.76. The number of hydrogen-bond donors (Lipinski definition) is 1. The number of benzene rings is 1. The molecule has 5 nitrogen and oxygen atoms in total. The second kappa shape index (κ2) is 7.00. The van der Waals surface area contributed by atoms with Crippen molar-refractivity contribution in [1.29, 1.82) is 0 Å². The van der Waals surface area contributed by atoms with Crippen molar-refractivity contribution in [3.05, 3.63) is 35.1 Å². The monoisotopic (exact) mass is 282 g/mol. The second-order valence-electron chi connectivity index (χ2n) is 4.71. The molecule has 1 aromatic carbocycles. The lowest BCUT2D eigenvalue weighted by Crippen LogP contribution is -2.36. The molecule has 0 unspecified atom stereocenters. The number of likely N-dealkylation sites (N-methyl/N-ethyl adjacent to an activating group) is 2. The van der Waals surface area contributed by atoms with Crippen LogP contribution in [-0.4, -0.2) is 54.0 Å². The molecule has 0 aliphatic carbocycles. The van der Waals surface area contributed by atoms with Crippen LogP contribution in [0.25, 0.3) is 0 Å². The fraction of sp³-hybridized carbons (Fsp3) is 0.429. The summed E-state index contributed by atoms with van der Waals surface area (Å²) in [7, 11) is 3.36. The average Bonchev–Trinajstić information content (AvgIpc) is 2.37. The predicted molar refractivity (Wildman–Crippen MR) is 73.0 cm³/mol. The number of halogens is 1. The predicted octanol–water partition coefficient (Wildman–Crippen LogP) is 1.43. The first-order valence-corrected chi connectivity index (χ1v) is 6.29. The third kappa shape index (κ3) is 4.31. The number of carboxylic acid groups (broad SMARTS) is 1. The van der Waals surface area contributed by atoms with Crippen LogP contribution in [0.3, 0.4) is 0 Å². The zero-order valence-corrected chi connectivity index (χ0v) is 11.9. The molecule has 0 aromatic heterocycles. The number of nitrogens with zero attached hydrogens (tertiary/aromatic N) is 2. The van der Waals surface area contributed by atoms with Crippen LogP contribution in [0.4, 0.5) is 4.39 Å². The summed E-state index contributed by atoms with van der Waals surface area (Å²) in [6, 6.07) is 4.01. The van der Waals surface area contributed by atoms with Crippen LogP contribution >= 0.6 is 0 Å². The van der Waals surface area contributed by atoms with Crippen molar-refractivity contribution in [2.24, 2.45) is 0 Å². The quantitative estimate of drug-likeness (QED) is 0.857. The molecule has 0 saturated carbocycles. The van der Waals surface area contributed by atoms with Gasteiger partial charge in [0.2, 0.25) is 5.91 Å². The van der Waals surface area contributed by atoms with Gasteiger partial charge >= 0.3 is 5.97 Å². The van der Waals surface area contributed by atoms with Crippen LogP contribution in [0.5, 0.6) is 0 Å². The number of carbonyl (C=O) groups excluding carboxylic acids is 1. The minimum atomic E-state index is -1.29. The molecule has 110 valence electrons. The van der Waals surface area contributed by atoms with Crippen molar-refractivity contribution >= 4 is 11.9 Å². The van der Waals surface area contributed by atoms with Crippen molar-refractivity contribution in [3.8, 4) is 0 Å². The van der Waals surface area contributed by atoms with E-state index in [4.69, 9.17) is 5.11 Å².